The monoisotopic (exact) mass is 229 g/mol. The van der Waals surface area contributed by atoms with Gasteiger partial charge in [0, 0.05) is 17.8 Å². The first-order chi connectivity index (χ1) is 7.09. The van der Waals surface area contributed by atoms with Gasteiger partial charge in [-0.1, -0.05) is 4.49 Å². The lowest BCUT2D eigenvalue weighted by molar-refractivity contribution is -0.137. The van der Waals surface area contributed by atoms with Crippen molar-refractivity contribution < 1.29 is 14.7 Å². The zero-order chi connectivity index (χ0) is 11.3. The fourth-order valence-corrected chi connectivity index (χ4v) is 1.41. The number of nitrogens with zero attached hydrogens (tertiary/aromatic N) is 2. The minimum absolute atomic E-state index is 0.0385. The third kappa shape index (κ3) is 4.03. The first-order valence-electron chi connectivity index (χ1n) is 4.39. The summed E-state index contributed by atoms with van der Waals surface area (Å²) < 4.78 is 3.56. The summed E-state index contributed by atoms with van der Waals surface area (Å²) in [6.07, 6.45) is 0.440. The minimum Gasteiger partial charge on any atom is -0.481 e. The van der Waals surface area contributed by atoms with Crippen molar-refractivity contribution in [3.63, 3.8) is 0 Å². The van der Waals surface area contributed by atoms with Crippen LogP contribution in [0, 0.1) is 0 Å². The molecule has 0 radical (unpaired) electrons. The van der Waals surface area contributed by atoms with Gasteiger partial charge in [-0.3, -0.25) is 9.59 Å². The molecule has 1 amide bonds. The smallest absolute Gasteiger partial charge is 0.303 e. The highest BCUT2D eigenvalue weighted by Gasteiger charge is 2.12. The molecule has 0 aromatic carbocycles. The quantitative estimate of drug-likeness (QED) is 0.768. The third-order valence-electron chi connectivity index (χ3n) is 1.76. The lowest BCUT2D eigenvalue weighted by Gasteiger charge is -2.10. The molecule has 1 rings (SSSR count). The van der Waals surface area contributed by atoms with Crippen LogP contribution in [0.4, 0.5) is 0 Å². The Morgan fingerprint density at radius 2 is 2.40 bits per heavy atom. The highest BCUT2D eigenvalue weighted by molar-refractivity contribution is 7.03. The van der Waals surface area contributed by atoms with E-state index in [0.717, 1.165) is 11.5 Å². The molecule has 0 aliphatic heterocycles. The molecule has 1 aromatic heterocycles. The van der Waals surface area contributed by atoms with E-state index in [1.165, 1.54) is 0 Å². The molecule has 82 valence electrons. The average molecular weight is 229 g/mol. The van der Waals surface area contributed by atoms with Crippen LogP contribution in [0.2, 0.25) is 0 Å². The van der Waals surface area contributed by atoms with Crippen LogP contribution in [-0.2, 0) is 4.79 Å². The van der Waals surface area contributed by atoms with E-state index in [1.54, 1.807) is 12.3 Å². The molecule has 6 nitrogen and oxygen atoms in total. The Balaban J connectivity index is 2.35. The van der Waals surface area contributed by atoms with Crippen LogP contribution in [0.3, 0.4) is 0 Å². The van der Waals surface area contributed by atoms with Crippen molar-refractivity contribution in [3.8, 4) is 0 Å². The summed E-state index contributed by atoms with van der Waals surface area (Å²) in [6.45, 7) is 1.75. The van der Waals surface area contributed by atoms with E-state index in [-0.39, 0.29) is 24.1 Å². The number of aliphatic carboxylic acids is 1. The van der Waals surface area contributed by atoms with Gasteiger partial charge in [-0.05, 0) is 24.9 Å². The molecule has 1 atom stereocenters. The molecule has 0 aliphatic carbocycles. The lowest BCUT2D eigenvalue weighted by atomic mass is 10.2. The first-order valence-corrected chi connectivity index (χ1v) is 5.23. The fourth-order valence-electron chi connectivity index (χ4n) is 0.973. The molecular weight excluding hydrogens is 218 g/mol. The Morgan fingerprint density at radius 3 is 2.93 bits per heavy atom. The molecule has 1 aromatic rings. The largest absolute Gasteiger partial charge is 0.481 e. The van der Waals surface area contributed by atoms with E-state index in [4.69, 9.17) is 5.11 Å². The van der Waals surface area contributed by atoms with Gasteiger partial charge < -0.3 is 10.4 Å². The molecule has 0 fully saturated rings. The summed E-state index contributed by atoms with van der Waals surface area (Å²) in [5, 5.41) is 16.2. The van der Waals surface area contributed by atoms with Crippen LogP contribution in [0.15, 0.2) is 5.38 Å². The number of nitrogens with one attached hydrogen (secondary N) is 1. The second-order valence-electron chi connectivity index (χ2n) is 3.10. The van der Waals surface area contributed by atoms with Crippen molar-refractivity contribution in [1.29, 1.82) is 0 Å². The summed E-state index contributed by atoms with van der Waals surface area (Å²) in [7, 11) is 0. The standard InChI is InChI=1S/C8H11N3O3S/c1-5(2-3-7(12)13)9-8(14)6-4-15-11-10-6/h4-5H,2-3H2,1H3,(H,9,14)(H,12,13). The predicted octanol–water partition coefficient (Wildman–Crippen LogP) is 0.521. The van der Waals surface area contributed by atoms with Crippen LogP contribution < -0.4 is 5.32 Å². The Labute approximate surface area is 90.5 Å². The van der Waals surface area contributed by atoms with Gasteiger partial charge in [0.1, 0.15) is 0 Å². The number of carboxylic acids is 1. The van der Waals surface area contributed by atoms with Gasteiger partial charge in [-0.2, -0.15) is 0 Å². The molecule has 1 unspecified atom stereocenters. The van der Waals surface area contributed by atoms with E-state index in [1.807, 2.05) is 0 Å². The number of carbonyl (C=O) groups is 2. The van der Waals surface area contributed by atoms with Crippen LogP contribution in [0.25, 0.3) is 0 Å². The van der Waals surface area contributed by atoms with E-state index in [0.29, 0.717) is 6.42 Å². The lowest BCUT2D eigenvalue weighted by Crippen LogP contribution is -2.33. The normalized spacial score (nSPS) is 12.1. The molecule has 0 aliphatic rings. The molecule has 0 saturated carbocycles. The maximum atomic E-state index is 11.4. The molecule has 7 heteroatoms. The van der Waals surface area contributed by atoms with Crippen molar-refractivity contribution in [2.75, 3.05) is 0 Å². The fraction of sp³-hybridized carbons (Fsp3) is 0.500. The van der Waals surface area contributed by atoms with Crippen LogP contribution in [0.1, 0.15) is 30.3 Å². The molecule has 1 heterocycles. The van der Waals surface area contributed by atoms with Crippen molar-refractivity contribution in [1.82, 2.24) is 14.9 Å². The van der Waals surface area contributed by atoms with Gasteiger partial charge >= 0.3 is 5.97 Å². The van der Waals surface area contributed by atoms with E-state index in [9.17, 15) is 9.59 Å². The van der Waals surface area contributed by atoms with Gasteiger partial charge in [-0.15, -0.1) is 5.10 Å². The second kappa shape index (κ2) is 5.40. The van der Waals surface area contributed by atoms with Crippen LogP contribution in [0.5, 0.6) is 0 Å². The summed E-state index contributed by atoms with van der Waals surface area (Å²) in [4.78, 5) is 21.7. The Hall–Kier alpha value is -1.50. The summed E-state index contributed by atoms with van der Waals surface area (Å²) in [5.41, 5.74) is 0.266. The average Bonchev–Trinajstić information content (AvgIpc) is 2.67. The predicted molar refractivity (Wildman–Crippen MR) is 53.7 cm³/mol. The van der Waals surface area contributed by atoms with Gasteiger partial charge in [0.25, 0.3) is 5.91 Å². The highest BCUT2D eigenvalue weighted by atomic mass is 32.1. The first kappa shape index (κ1) is 11.6. The van der Waals surface area contributed by atoms with Gasteiger partial charge in [0.2, 0.25) is 0 Å². The van der Waals surface area contributed by atoms with E-state index >= 15 is 0 Å². The Kier molecular flexibility index (Phi) is 4.17. The topological polar surface area (TPSA) is 92.2 Å². The molecular formula is C8H11N3O3S. The van der Waals surface area contributed by atoms with Crippen LogP contribution in [-0.4, -0.2) is 32.6 Å². The van der Waals surface area contributed by atoms with Crippen molar-refractivity contribution in [3.05, 3.63) is 11.1 Å². The second-order valence-corrected chi connectivity index (χ2v) is 3.71. The summed E-state index contributed by atoms with van der Waals surface area (Å²) >= 11 is 1.10. The minimum atomic E-state index is -0.869. The number of rotatable bonds is 5. The number of carbonyl (C=O) groups excluding carboxylic acids is 1. The Morgan fingerprint density at radius 1 is 1.67 bits per heavy atom. The van der Waals surface area contributed by atoms with E-state index in [2.05, 4.69) is 14.9 Å². The summed E-state index contributed by atoms with van der Waals surface area (Å²) in [5.74, 6) is -1.19. The number of hydrogen-bond donors (Lipinski definition) is 2. The molecule has 0 bridgehead atoms. The highest BCUT2D eigenvalue weighted by Crippen LogP contribution is 2.00. The van der Waals surface area contributed by atoms with Gasteiger partial charge in [0.15, 0.2) is 5.69 Å². The molecule has 0 saturated heterocycles. The van der Waals surface area contributed by atoms with Crippen molar-refractivity contribution in [2.24, 2.45) is 0 Å². The number of carboxylic acid groups (broad SMARTS) is 1. The zero-order valence-corrected chi connectivity index (χ0v) is 8.95. The molecule has 0 spiro atoms. The summed E-state index contributed by atoms with van der Waals surface area (Å²) in [6, 6.07) is -0.185. The maximum absolute atomic E-state index is 11.4. The number of aromatic nitrogens is 2. The van der Waals surface area contributed by atoms with Crippen LogP contribution >= 0.6 is 11.5 Å². The van der Waals surface area contributed by atoms with Gasteiger partial charge in [0.05, 0.1) is 0 Å². The Bertz CT molecular complexity index is 339. The third-order valence-corrected chi connectivity index (χ3v) is 2.27. The van der Waals surface area contributed by atoms with E-state index < -0.39 is 5.97 Å². The molecule has 2 N–H and O–H groups in total. The van der Waals surface area contributed by atoms with Gasteiger partial charge in [-0.25, -0.2) is 0 Å². The number of amides is 1. The van der Waals surface area contributed by atoms with Crippen molar-refractivity contribution >= 4 is 23.4 Å². The SMILES string of the molecule is CC(CCC(=O)O)NC(=O)c1csnn1. The maximum Gasteiger partial charge on any atom is 0.303 e. The zero-order valence-electron chi connectivity index (χ0n) is 8.14. The molecule has 15 heavy (non-hydrogen) atoms. The van der Waals surface area contributed by atoms with Crippen molar-refractivity contribution in [2.45, 2.75) is 25.8 Å². The number of hydrogen-bond acceptors (Lipinski definition) is 5.